The molecule has 1 heterocycles. The summed E-state index contributed by atoms with van der Waals surface area (Å²) in [5.74, 6) is -0.239. The van der Waals surface area contributed by atoms with E-state index < -0.39 is 6.29 Å². The molecular formula is C14H20O5. The van der Waals surface area contributed by atoms with Crippen molar-refractivity contribution in [3.8, 4) is 0 Å². The van der Waals surface area contributed by atoms with Crippen LogP contribution in [-0.4, -0.2) is 24.8 Å². The molecule has 0 unspecified atom stereocenters. The quantitative estimate of drug-likeness (QED) is 0.733. The zero-order valence-corrected chi connectivity index (χ0v) is 11.5. The summed E-state index contributed by atoms with van der Waals surface area (Å²) >= 11 is 0. The van der Waals surface area contributed by atoms with E-state index in [2.05, 4.69) is 6.92 Å². The monoisotopic (exact) mass is 268 g/mol. The third-order valence-corrected chi connectivity index (χ3v) is 3.89. The fraction of sp³-hybridized carbons (Fsp3) is 0.714. The first-order valence-corrected chi connectivity index (χ1v) is 6.74. The molecule has 1 aliphatic carbocycles. The average molecular weight is 268 g/mol. The highest BCUT2D eigenvalue weighted by atomic mass is 16.7. The number of esters is 2. The standard InChI is InChI=1S/C14H20O5/c1-4-17-13(16)11-7-18-14(19-9(3)15)12-8(2)5-6-10(11)12/h7-8,10,12,14H,4-6H2,1-3H3/t8-,10+,12+,14-/m0/s1. The Bertz CT molecular complexity index is 401. The summed E-state index contributed by atoms with van der Waals surface area (Å²) in [6.45, 7) is 5.58. The summed E-state index contributed by atoms with van der Waals surface area (Å²) in [4.78, 5) is 23.0. The van der Waals surface area contributed by atoms with Crippen LogP contribution in [0.4, 0.5) is 0 Å². The SMILES string of the molecule is CCOC(=O)C1=CO[C@@H](OC(C)=O)[C@H]2[C@@H]1CC[C@@H]2C. The summed E-state index contributed by atoms with van der Waals surface area (Å²) in [6, 6.07) is 0. The van der Waals surface area contributed by atoms with E-state index in [9.17, 15) is 9.59 Å². The molecule has 0 saturated heterocycles. The molecule has 2 rings (SSSR count). The molecule has 106 valence electrons. The van der Waals surface area contributed by atoms with Gasteiger partial charge in [0, 0.05) is 18.8 Å². The van der Waals surface area contributed by atoms with Gasteiger partial charge in [0.1, 0.15) is 0 Å². The van der Waals surface area contributed by atoms with Gasteiger partial charge in [-0.05, 0) is 25.7 Å². The van der Waals surface area contributed by atoms with Crippen LogP contribution >= 0.6 is 0 Å². The van der Waals surface area contributed by atoms with Crippen molar-refractivity contribution in [2.24, 2.45) is 17.8 Å². The molecule has 0 amide bonds. The predicted octanol–water partition coefficient (Wildman–Crippen LogP) is 2.02. The van der Waals surface area contributed by atoms with E-state index >= 15 is 0 Å². The highest BCUT2D eigenvalue weighted by molar-refractivity contribution is 5.89. The van der Waals surface area contributed by atoms with E-state index in [4.69, 9.17) is 14.2 Å². The second kappa shape index (κ2) is 5.63. The first kappa shape index (κ1) is 13.9. The predicted molar refractivity (Wildman–Crippen MR) is 66.7 cm³/mol. The van der Waals surface area contributed by atoms with Crippen molar-refractivity contribution < 1.29 is 23.8 Å². The van der Waals surface area contributed by atoms with Crippen LogP contribution in [0.5, 0.6) is 0 Å². The Morgan fingerprint density at radius 2 is 2.16 bits per heavy atom. The van der Waals surface area contributed by atoms with E-state index in [0.717, 1.165) is 12.8 Å². The zero-order chi connectivity index (χ0) is 14.0. The van der Waals surface area contributed by atoms with Crippen molar-refractivity contribution in [1.29, 1.82) is 0 Å². The van der Waals surface area contributed by atoms with Crippen LogP contribution in [0, 0.1) is 17.8 Å². The van der Waals surface area contributed by atoms with Gasteiger partial charge in [0.25, 0.3) is 0 Å². The summed E-state index contributed by atoms with van der Waals surface area (Å²) in [6.07, 6.45) is 2.72. The van der Waals surface area contributed by atoms with Crippen LogP contribution < -0.4 is 0 Å². The molecule has 0 bridgehead atoms. The molecule has 0 N–H and O–H groups in total. The minimum absolute atomic E-state index is 0.0355. The Morgan fingerprint density at radius 3 is 2.79 bits per heavy atom. The van der Waals surface area contributed by atoms with Gasteiger partial charge in [-0.25, -0.2) is 4.79 Å². The maximum Gasteiger partial charge on any atom is 0.337 e. The number of ether oxygens (including phenoxy) is 3. The van der Waals surface area contributed by atoms with Crippen molar-refractivity contribution in [2.75, 3.05) is 6.61 Å². The number of carbonyl (C=O) groups excluding carboxylic acids is 2. The molecule has 0 spiro atoms. The molecule has 0 aromatic carbocycles. The fourth-order valence-corrected chi connectivity index (χ4v) is 3.05. The molecule has 5 nitrogen and oxygen atoms in total. The summed E-state index contributed by atoms with van der Waals surface area (Å²) in [5.41, 5.74) is 0.569. The van der Waals surface area contributed by atoms with Crippen LogP contribution in [0.1, 0.15) is 33.6 Å². The van der Waals surface area contributed by atoms with Crippen LogP contribution in [0.15, 0.2) is 11.8 Å². The molecule has 0 aromatic heterocycles. The van der Waals surface area contributed by atoms with Gasteiger partial charge in [0.15, 0.2) is 0 Å². The second-order valence-corrected chi connectivity index (χ2v) is 5.15. The van der Waals surface area contributed by atoms with Gasteiger partial charge in [-0.3, -0.25) is 4.79 Å². The molecule has 0 aromatic rings. The maximum absolute atomic E-state index is 11.9. The smallest absolute Gasteiger partial charge is 0.337 e. The van der Waals surface area contributed by atoms with E-state index in [0.29, 0.717) is 18.1 Å². The van der Waals surface area contributed by atoms with E-state index in [-0.39, 0.29) is 23.8 Å². The van der Waals surface area contributed by atoms with Gasteiger partial charge in [-0.15, -0.1) is 0 Å². The topological polar surface area (TPSA) is 61.8 Å². The van der Waals surface area contributed by atoms with Crippen molar-refractivity contribution in [2.45, 2.75) is 39.9 Å². The highest BCUT2D eigenvalue weighted by Gasteiger charge is 2.47. The first-order chi connectivity index (χ1) is 9.04. The number of rotatable bonds is 3. The lowest BCUT2D eigenvalue weighted by molar-refractivity contribution is -0.185. The van der Waals surface area contributed by atoms with Gasteiger partial charge < -0.3 is 14.2 Å². The Balaban J connectivity index is 2.19. The van der Waals surface area contributed by atoms with E-state index in [1.807, 2.05) is 0 Å². The maximum atomic E-state index is 11.9. The third-order valence-electron chi connectivity index (χ3n) is 3.89. The molecule has 4 atom stereocenters. The number of fused-ring (bicyclic) bond motifs is 1. The molecule has 1 fully saturated rings. The van der Waals surface area contributed by atoms with Gasteiger partial charge in [-0.1, -0.05) is 6.92 Å². The van der Waals surface area contributed by atoms with Crippen molar-refractivity contribution >= 4 is 11.9 Å². The molecule has 5 heteroatoms. The van der Waals surface area contributed by atoms with Gasteiger partial charge in [0.2, 0.25) is 6.29 Å². The fourth-order valence-electron chi connectivity index (χ4n) is 3.05. The largest absolute Gasteiger partial charge is 0.463 e. The Morgan fingerprint density at radius 1 is 1.42 bits per heavy atom. The number of hydrogen-bond donors (Lipinski definition) is 0. The van der Waals surface area contributed by atoms with Crippen molar-refractivity contribution in [1.82, 2.24) is 0 Å². The lowest BCUT2D eigenvalue weighted by Crippen LogP contribution is -2.38. The van der Waals surface area contributed by atoms with Crippen molar-refractivity contribution in [3.05, 3.63) is 11.8 Å². The number of hydrogen-bond acceptors (Lipinski definition) is 5. The van der Waals surface area contributed by atoms with Crippen molar-refractivity contribution in [3.63, 3.8) is 0 Å². The van der Waals surface area contributed by atoms with Gasteiger partial charge >= 0.3 is 11.9 Å². The Labute approximate surface area is 112 Å². The molecule has 0 radical (unpaired) electrons. The molecular weight excluding hydrogens is 248 g/mol. The van der Waals surface area contributed by atoms with Crippen LogP contribution in [0.2, 0.25) is 0 Å². The highest BCUT2D eigenvalue weighted by Crippen LogP contribution is 2.46. The normalized spacial score (nSPS) is 32.9. The molecule has 1 saturated carbocycles. The second-order valence-electron chi connectivity index (χ2n) is 5.15. The number of carbonyl (C=O) groups is 2. The molecule has 2 aliphatic rings. The van der Waals surface area contributed by atoms with Gasteiger partial charge in [0.05, 0.1) is 18.4 Å². The summed E-state index contributed by atoms with van der Waals surface area (Å²) in [5, 5.41) is 0. The minimum Gasteiger partial charge on any atom is -0.463 e. The molecule has 19 heavy (non-hydrogen) atoms. The van der Waals surface area contributed by atoms with E-state index in [1.165, 1.54) is 13.2 Å². The van der Waals surface area contributed by atoms with Crippen LogP contribution in [0.3, 0.4) is 0 Å². The van der Waals surface area contributed by atoms with Gasteiger partial charge in [-0.2, -0.15) is 0 Å². The Hall–Kier alpha value is -1.52. The summed E-state index contributed by atoms with van der Waals surface area (Å²) in [7, 11) is 0. The minimum atomic E-state index is -0.585. The van der Waals surface area contributed by atoms with E-state index in [1.54, 1.807) is 6.92 Å². The lowest BCUT2D eigenvalue weighted by atomic mass is 9.83. The molecule has 1 aliphatic heterocycles. The zero-order valence-electron chi connectivity index (χ0n) is 11.5. The summed E-state index contributed by atoms with van der Waals surface area (Å²) < 4.78 is 15.7. The third kappa shape index (κ3) is 2.74. The first-order valence-electron chi connectivity index (χ1n) is 6.74. The van der Waals surface area contributed by atoms with Crippen LogP contribution in [0.25, 0.3) is 0 Å². The Kier molecular flexibility index (Phi) is 4.12. The van der Waals surface area contributed by atoms with Crippen LogP contribution in [-0.2, 0) is 23.8 Å². The average Bonchev–Trinajstić information content (AvgIpc) is 2.72. The lowest BCUT2D eigenvalue weighted by Gasteiger charge is -2.34.